The molecular formula is C24H21F3N2O3. The monoisotopic (exact) mass is 442 g/mol. The molecular weight excluding hydrogens is 421 g/mol. The van der Waals surface area contributed by atoms with E-state index < -0.39 is 41.6 Å². The molecule has 0 heterocycles. The van der Waals surface area contributed by atoms with Crippen LogP contribution in [0.1, 0.15) is 34.3 Å². The Hall–Kier alpha value is -3.65. The minimum atomic E-state index is -4.54. The van der Waals surface area contributed by atoms with E-state index in [-0.39, 0.29) is 5.56 Å². The second-order valence-corrected chi connectivity index (χ2v) is 7.21. The molecule has 3 rings (SSSR count). The molecule has 0 aliphatic heterocycles. The first-order valence-electron chi connectivity index (χ1n) is 9.73. The van der Waals surface area contributed by atoms with Crippen molar-refractivity contribution in [3.8, 4) is 0 Å². The van der Waals surface area contributed by atoms with E-state index in [1.807, 2.05) is 0 Å². The lowest BCUT2D eigenvalue weighted by atomic mass is 9.84. The molecule has 0 saturated carbocycles. The summed E-state index contributed by atoms with van der Waals surface area (Å²) in [5, 5.41) is 12.9. The van der Waals surface area contributed by atoms with E-state index in [4.69, 9.17) is 5.73 Å². The van der Waals surface area contributed by atoms with Gasteiger partial charge in [0, 0.05) is 5.92 Å². The number of carbonyl (C=O) groups is 2. The SMILES string of the molecule is NC(=O)[C@@H](NC(=O)[C@@H](O)c1ccc(C(F)(F)F)cc1)C(c1ccccc1)c1ccccc1. The first kappa shape index (κ1) is 23.0. The molecule has 0 aromatic heterocycles. The molecule has 0 aliphatic rings. The van der Waals surface area contributed by atoms with Gasteiger partial charge in [-0.15, -0.1) is 0 Å². The van der Waals surface area contributed by atoms with Crippen LogP contribution in [0.25, 0.3) is 0 Å². The molecule has 0 saturated heterocycles. The van der Waals surface area contributed by atoms with Crippen LogP contribution in [0.4, 0.5) is 13.2 Å². The number of aliphatic hydroxyl groups is 1. The molecule has 3 aromatic rings. The van der Waals surface area contributed by atoms with Gasteiger partial charge in [-0.2, -0.15) is 13.2 Å². The number of aliphatic hydroxyl groups excluding tert-OH is 1. The van der Waals surface area contributed by atoms with Crippen molar-refractivity contribution in [1.82, 2.24) is 5.32 Å². The molecule has 2 amide bonds. The van der Waals surface area contributed by atoms with Crippen LogP contribution in [0.2, 0.25) is 0 Å². The number of halogens is 3. The molecule has 5 nitrogen and oxygen atoms in total. The van der Waals surface area contributed by atoms with Crippen LogP contribution in [0.3, 0.4) is 0 Å². The Balaban J connectivity index is 1.88. The standard InChI is InChI=1S/C24H21F3N2O3/c25-24(26,27)18-13-11-17(12-14-18)21(30)23(32)29-20(22(28)31)19(15-7-3-1-4-8-15)16-9-5-2-6-10-16/h1-14,19-21,30H,(H2,28,31)(H,29,32)/t20-,21-/m0/s1. The maximum atomic E-state index is 12.8. The lowest BCUT2D eigenvalue weighted by molar-refractivity contribution is -0.137. The van der Waals surface area contributed by atoms with Crippen molar-refractivity contribution in [3.63, 3.8) is 0 Å². The molecule has 0 unspecified atom stereocenters. The minimum absolute atomic E-state index is 0.0466. The average molecular weight is 442 g/mol. The fourth-order valence-electron chi connectivity index (χ4n) is 3.45. The largest absolute Gasteiger partial charge is 0.416 e. The number of hydrogen-bond acceptors (Lipinski definition) is 3. The third kappa shape index (κ3) is 5.33. The number of carbonyl (C=O) groups excluding carboxylic acids is 2. The number of alkyl halides is 3. The topological polar surface area (TPSA) is 92.4 Å². The molecule has 0 fully saturated rings. The van der Waals surface area contributed by atoms with Crippen molar-refractivity contribution in [3.05, 3.63) is 107 Å². The van der Waals surface area contributed by atoms with Crippen molar-refractivity contribution in [2.24, 2.45) is 5.73 Å². The predicted molar refractivity (Wildman–Crippen MR) is 112 cm³/mol. The first-order valence-corrected chi connectivity index (χ1v) is 9.73. The molecule has 166 valence electrons. The van der Waals surface area contributed by atoms with E-state index in [0.29, 0.717) is 11.1 Å². The molecule has 0 spiro atoms. The van der Waals surface area contributed by atoms with Crippen LogP contribution >= 0.6 is 0 Å². The highest BCUT2D eigenvalue weighted by molar-refractivity contribution is 5.90. The van der Waals surface area contributed by atoms with Crippen LogP contribution in [-0.4, -0.2) is 23.0 Å². The van der Waals surface area contributed by atoms with Crippen LogP contribution in [-0.2, 0) is 15.8 Å². The second-order valence-electron chi connectivity index (χ2n) is 7.21. The summed E-state index contributed by atoms with van der Waals surface area (Å²) >= 11 is 0. The fraction of sp³-hybridized carbons (Fsp3) is 0.167. The Labute approximate surface area is 182 Å². The average Bonchev–Trinajstić information content (AvgIpc) is 2.79. The quantitative estimate of drug-likeness (QED) is 0.523. The van der Waals surface area contributed by atoms with Crippen LogP contribution < -0.4 is 11.1 Å². The Morgan fingerprint density at radius 3 is 1.66 bits per heavy atom. The van der Waals surface area contributed by atoms with E-state index in [0.717, 1.165) is 24.3 Å². The highest BCUT2D eigenvalue weighted by atomic mass is 19.4. The molecule has 4 N–H and O–H groups in total. The van der Waals surface area contributed by atoms with Crippen molar-refractivity contribution in [1.29, 1.82) is 0 Å². The Bertz CT molecular complexity index is 1020. The van der Waals surface area contributed by atoms with Crippen molar-refractivity contribution in [2.75, 3.05) is 0 Å². The van der Waals surface area contributed by atoms with Gasteiger partial charge < -0.3 is 16.2 Å². The molecule has 0 radical (unpaired) electrons. The van der Waals surface area contributed by atoms with Gasteiger partial charge in [-0.25, -0.2) is 0 Å². The Morgan fingerprint density at radius 1 is 0.781 bits per heavy atom. The normalized spacial score (nSPS) is 13.4. The van der Waals surface area contributed by atoms with E-state index in [9.17, 15) is 27.9 Å². The number of hydrogen-bond donors (Lipinski definition) is 3. The summed E-state index contributed by atoms with van der Waals surface area (Å²) in [4.78, 5) is 25.1. The zero-order valence-corrected chi connectivity index (χ0v) is 16.8. The van der Waals surface area contributed by atoms with Gasteiger partial charge in [0.1, 0.15) is 6.04 Å². The first-order chi connectivity index (χ1) is 15.2. The van der Waals surface area contributed by atoms with Gasteiger partial charge in [0.05, 0.1) is 5.56 Å². The van der Waals surface area contributed by atoms with Gasteiger partial charge in [0.15, 0.2) is 6.10 Å². The van der Waals surface area contributed by atoms with E-state index in [1.54, 1.807) is 60.7 Å². The molecule has 32 heavy (non-hydrogen) atoms. The Kier molecular flexibility index (Phi) is 6.95. The van der Waals surface area contributed by atoms with Crippen molar-refractivity contribution >= 4 is 11.8 Å². The zero-order valence-electron chi connectivity index (χ0n) is 16.8. The van der Waals surface area contributed by atoms with E-state index in [2.05, 4.69) is 5.32 Å². The van der Waals surface area contributed by atoms with Crippen molar-refractivity contribution in [2.45, 2.75) is 24.2 Å². The van der Waals surface area contributed by atoms with Crippen LogP contribution in [0, 0.1) is 0 Å². The van der Waals surface area contributed by atoms with Gasteiger partial charge in [-0.3, -0.25) is 9.59 Å². The number of nitrogens with one attached hydrogen (secondary N) is 1. The maximum absolute atomic E-state index is 12.8. The zero-order chi connectivity index (χ0) is 23.3. The molecule has 0 bridgehead atoms. The summed E-state index contributed by atoms with van der Waals surface area (Å²) in [5.74, 6) is -2.42. The van der Waals surface area contributed by atoms with Crippen LogP contribution in [0.15, 0.2) is 84.9 Å². The second kappa shape index (κ2) is 9.65. The molecule has 8 heteroatoms. The third-order valence-electron chi connectivity index (χ3n) is 5.06. The van der Waals surface area contributed by atoms with Crippen LogP contribution in [0.5, 0.6) is 0 Å². The molecule has 3 aromatic carbocycles. The summed E-state index contributed by atoms with van der Waals surface area (Å²) in [6.07, 6.45) is -6.33. The van der Waals surface area contributed by atoms with Crippen molar-refractivity contribution < 1.29 is 27.9 Å². The molecule has 2 atom stereocenters. The summed E-state index contributed by atoms with van der Waals surface area (Å²) in [5.41, 5.74) is 6.08. The molecule has 0 aliphatic carbocycles. The fourth-order valence-corrected chi connectivity index (χ4v) is 3.45. The highest BCUT2D eigenvalue weighted by Gasteiger charge is 2.34. The van der Waals surface area contributed by atoms with Gasteiger partial charge >= 0.3 is 6.18 Å². The van der Waals surface area contributed by atoms with Gasteiger partial charge in [-0.1, -0.05) is 72.8 Å². The summed E-state index contributed by atoms with van der Waals surface area (Å²) < 4.78 is 38.3. The lowest BCUT2D eigenvalue weighted by Gasteiger charge is -2.27. The number of nitrogens with two attached hydrogens (primary N) is 1. The predicted octanol–water partition coefficient (Wildman–Crippen LogP) is 3.54. The number of primary amides is 1. The third-order valence-corrected chi connectivity index (χ3v) is 5.06. The summed E-state index contributed by atoms with van der Waals surface area (Å²) in [6, 6.07) is 20.2. The van der Waals surface area contributed by atoms with Gasteiger partial charge in [0.2, 0.25) is 5.91 Å². The number of benzene rings is 3. The summed E-state index contributed by atoms with van der Waals surface area (Å²) in [6.45, 7) is 0. The smallest absolute Gasteiger partial charge is 0.378 e. The van der Waals surface area contributed by atoms with Gasteiger partial charge in [-0.05, 0) is 28.8 Å². The lowest BCUT2D eigenvalue weighted by Crippen LogP contribution is -2.49. The Morgan fingerprint density at radius 2 is 1.25 bits per heavy atom. The number of amides is 2. The number of rotatable bonds is 7. The minimum Gasteiger partial charge on any atom is -0.378 e. The van der Waals surface area contributed by atoms with Gasteiger partial charge in [0.25, 0.3) is 5.91 Å². The van der Waals surface area contributed by atoms with E-state index in [1.165, 1.54) is 0 Å². The highest BCUT2D eigenvalue weighted by Crippen LogP contribution is 2.31. The van der Waals surface area contributed by atoms with E-state index >= 15 is 0 Å². The maximum Gasteiger partial charge on any atom is 0.416 e. The summed E-state index contributed by atoms with van der Waals surface area (Å²) in [7, 11) is 0.